The van der Waals surface area contributed by atoms with Gasteiger partial charge in [0.15, 0.2) is 0 Å². The van der Waals surface area contributed by atoms with E-state index >= 15 is 0 Å². The molecule has 0 bridgehead atoms. The molecular formula is C15H19FN2O2S. The first-order chi connectivity index (χ1) is 9.90. The molecule has 0 fully saturated rings. The maximum atomic E-state index is 12.8. The van der Waals surface area contributed by atoms with Crippen LogP contribution >= 0.6 is 11.3 Å². The summed E-state index contributed by atoms with van der Waals surface area (Å²) < 4.78 is 23.6. The molecule has 1 aromatic carbocycles. The average Bonchev–Trinajstić information content (AvgIpc) is 2.82. The quantitative estimate of drug-likeness (QED) is 0.890. The highest BCUT2D eigenvalue weighted by atomic mass is 32.1. The number of benzene rings is 1. The summed E-state index contributed by atoms with van der Waals surface area (Å²) in [5.74, 6) is 0.319. The van der Waals surface area contributed by atoms with Crippen molar-refractivity contribution in [3.8, 4) is 5.75 Å². The number of ether oxygens (including phenoxy) is 2. The number of aromatic nitrogens is 1. The molecule has 0 aliphatic heterocycles. The monoisotopic (exact) mass is 310 g/mol. The van der Waals surface area contributed by atoms with Crippen molar-refractivity contribution in [1.82, 2.24) is 4.98 Å². The minimum absolute atomic E-state index is 0.286. The Kier molecular flexibility index (Phi) is 4.92. The van der Waals surface area contributed by atoms with Gasteiger partial charge in [0.05, 0.1) is 12.3 Å². The van der Waals surface area contributed by atoms with E-state index in [0.29, 0.717) is 19.0 Å². The third-order valence-corrected chi connectivity index (χ3v) is 4.19. The van der Waals surface area contributed by atoms with Crippen molar-refractivity contribution in [2.45, 2.75) is 32.6 Å². The van der Waals surface area contributed by atoms with Crippen LogP contribution in [0.25, 0.3) is 0 Å². The number of halogens is 1. The van der Waals surface area contributed by atoms with Gasteiger partial charge in [-0.2, -0.15) is 0 Å². The first-order valence-electron chi connectivity index (χ1n) is 6.55. The number of nitrogens with zero attached hydrogens (tertiary/aromatic N) is 1. The van der Waals surface area contributed by atoms with Crippen LogP contribution in [-0.2, 0) is 23.5 Å². The minimum atomic E-state index is -0.473. The van der Waals surface area contributed by atoms with Gasteiger partial charge in [0.1, 0.15) is 23.2 Å². The Balaban J connectivity index is 2.11. The zero-order valence-corrected chi connectivity index (χ0v) is 13.2. The molecule has 6 heteroatoms. The van der Waals surface area contributed by atoms with Gasteiger partial charge >= 0.3 is 0 Å². The van der Waals surface area contributed by atoms with E-state index in [0.717, 1.165) is 15.6 Å². The van der Waals surface area contributed by atoms with Gasteiger partial charge in [-0.3, -0.25) is 0 Å². The zero-order valence-electron chi connectivity index (χ0n) is 12.4. The number of hydrogen-bond donors (Lipinski definition) is 1. The number of methoxy groups -OCH3 is 1. The van der Waals surface area contributed by atoms with Gasteiger partial charge in [0.25, 0.3) is 0 Å². The maximum absolute atomic E-state index is 12.8. The van der Waals surface area contributed by atoms with Crippen LogP contribution in [0.5, 0.6) is 5.75 Å². The molecule has 0 saturated carbocycles. The van der Waals surface area contributed by atoms with E-state index in [9.17, 15) is 4.39 Å². The van der Waals surface area contributed by atoms with Crippen LogP contribution in [0.3, 0.4) is 0 Å². The predicted octanol–water partition coefficient (Wildman–Crippen LogP) is 3.20. The molecule has 4 nitrogen and oxygen atoms in total. The van der Waals surface area contributed by atoms with Gasteiger partial charge < -0.3 is 15.2 Å². The second-order valence-corrected chi connectivity index (χ2v) is 6.36. The molecule has 0 aliphatic rings. The summed E-state index contributed by atoms with van der Waals surface area (Å²) in [6.07, 6.45) is 0. The molecule has 0 aliphatic carbocycles. The molecule has 1 heterocycles. The minimum Gasteiger partial charge on any atom is -0.486 e. The highest BCUT2D eigenvalue weighted by molar-refractivity contribution is 7.11. The zero-order chi connectivity index (χ0) is 15.5. The van der Waals surface area contributed by atoms with Crippen molar-refractivity contribution >= 4 is 11.3 Å². The van der Waals surface area contributed by atoms with Crippen LogP contribution < -0.4 is 10.5 Å². The number of hydrogen-bond acceptors (Lipinski definition) is 5. The van der Waals surface area contributed by atoms with Crippen molar-refractivity contribution in [2.75, 3.05) is 7.11 Å². The lowest BCUT2D eigenvalue weighted by Gasteiger charge is -2.17. The number of nitrogens with two attached hydrogens (primary N) is 1. The second-order valence-electron chi connectivity index (χ2n) is 5.28. The molecule has 21 heavy (non-hydrogen) atoms. The molecule has 0 saturated heterocycles. The predicted molar refractivity (Wildman–Crippen MR) is 80.8 cm³/mol. The molecule has 0 radical (unpaired) electrons. The normalized spacial score (nSPS) is 11.7. The summed E-state index contributed by atoms with van der Waals surface area (Å²) >= 11 is 1.51. The van der Waals surface area contributed by atoms with E-state index in [1.165, 1.54) is 23.5 Å². The van der Waals surface area contributed by atoms with E-state index in [4.69, 9.17) is 15.2 Å². The van der Waals surface area contributed by atoms with Gasteiger partial charge in [-0.15, -0.1) is 11.3 Å². The molecule has 2 aromatic rings. The Morgan fingerprint density at radius 2 is 1.90 bits per heavy atom. The largest absolute Gasteiger partial charge is 0.486 e. The Labute approximate surface area is 127 Å². The Bertz CT molecular complexity index is 591. The fourth-order valence-electron chi connectivity index (χ4n) is 1.88. The van der Waals surface area contributed by atoms with Gasteiger partial charge in [-0.1, -0.05) is 0 Å². The van der Waals surface area contributed by atoms with Crippen molar-refractivity contribution < 1.29 is 13.9 Å². The van der Waals surface area contributed by atoms with Gasteiger partial charge in [0.2, 0.25) is 0 Å². The molecule has 114 valence electrons. The molecule has 1 aromatic heterocycles. The Hall–Kier alpha value is -1.50. The fraction of sp³-hybridized carbons (Fsp3) is 0.400. The first-order valence-corrected chi connectivity index (χ1v) is 7.37. The van der Waals surface area contributed by atoms with Crippen molar-refractivity contribution in [3.63, 3.8) is 0 Å². The first kappa shape index (κ1) is 15.9. The van der Waals surface area contributed by atoms with Crippen LogP contribution in [0.2, 0.25) is 0 Å². The Morgan fingerprint density at radius 1 is 1.24 bits per heavy atom. The lowest BCUT2D eigenvalue weighted by Crippen LogP contribution is -2.28. The SMILES string of the molecule is COCc1nc(COc2ccc(F)cc2)sc1C(C)(C)N. The summed E-state index contributed by atoms with van der Waals surface area (Å²) in [5.41, 5.74) is 6.53. The Morgan fingerprint density at radius 3 is 2.48 bits per heavy atom. The van der Waals surface area contributed by atoms with Crippen LogP contribution in [0.1, 0.15) is 29.4 Å². The summed E-state index contributed by atoms with van der Waals surface area (Å²) in [7, 11) is 1.63. The van der Waals surface area contributed by atoms with Crippen molar-refractivity contribution in [3.05, 3.63) is 45.7 Å². The molecule has 2 N–H and O–H groups in total. The number of thiazole rings is 1. The summed E-state index contributed by atoms with van der Waals surface area (Å²) in [4.78, 5) is 5.50. The van der Waals surface area contributed by atoms with E-state index in [-0.39, 0.29) is 5.82 Å². The van der Waals surface area contributed by atoms with Gasteiger partial charge in [-0.05, 0) is 38.1 Å². The molecule has 0 unspecified atom stereocenters. The molecule has 0 amide bonds. The van der Waals surface area contributed by atoms with Crippen LogP contribution in [0.4, 0.5) is 4.39 Å². The van der Waals surface area contributed by atoms with Crippen LogP contribution in [0.15, 0.2) is 24.3 Å². The second kappa shape index (κ2) is 6.51. The molecule has 0 spiro atoms. The highest BCUT2D eigenvalue weighted by Crippen LogP contribution is 2.29. The highest BCUT2D eigenvalue weighted by Gasteiger charge is 2.23. The van der Waals surface area contributed by atoms with Crippen molar-refractivity contribution in [2.24, 2.45) is 5.73 Å². The van der Waals surface area contributed by atoms with E-state index in [1.54, 1.807) is 19.2 Å². The van der Waals surface area contributed by atoms with Gasteiger partial charge in [-0.25, -0.2) is 9.37 Å². The summed E-state index contributed by atoms with van der Waals surface area (Å²) in [6.45, 7) is 4.61. The van der Waals surface area contributed by atoms with Gasteiger partial charge in [0, 0.05) is 17.5 Å². The lowest BCUT2D eigenvalue weighted by molar-refractivity contribution is 0.180. The lowest BCUT2D eigenvalue weighted by atomic mass is 10.0. The third-order valence-electron chi connectivity index (χ3n) is 2.78. The maximum Gasteiger partial charge on any atom is 0.140 e. The average molecular weight is 310 g/mol. The number of rotatable bonds is 6. The van der Waals surface area contributed by atoms with Crippen molar-refractivity contribution in [1.29, 1.82) is 0 Å². The van der Waals surface area contributed by atoms with Crippen LogP contribution in [-0.4, -0.2) is 12.1 Å². The standard InChI is InChI=1S/C15H19FN2O2S/c1-15(2,17)14-12(8-19-3)18-13(21-14)9-20-11-6-4-10(16)5-7-11/h4-7H,8-9,17H2,1-3H3. The van der Waals surface area contributed by atoms with E-state index in [2.05, 4.69) is 4.98 Å². The molecule has 2 rings (SSSR count). The molecular weight excluding hydrogens is 291 g/mol. The van der Waals surface area contributed by atoms with Crippen LogP contribution in [0, 0.1) is 5.82 Å². The smallest absolute Gasteiger partial charge is 0.140 e. The van der Waals surface area contributed by atoms with E-state index in [1.807, 2.05) is 13.8 Å². The summed E-state index contributed by atoms with van der Waals surface area (Å²) in [6, 6.07) is 5.91. The third kappa shape index (κ3) is 4.23. The molecule has 0 atom stereocenters. The summed E-state index contributed by atoms with van der Waals surface area (Å²) in [5, 5.41) is 0.819. The van der Waals surface area contributed by atoms with E-state index < -0.39 is 5.54 Å². The fourth-order valence-corrected chi connectivity index (χ4v) is 2.87. The topological polar surface area (TPSA) is 57.4 Å².